The van der Waals surface area contributed by atoms with Crippen LogP contribution in [0.25, 0.3) is 0 Å². The molecule has 3 rings (SSSR count). The number of hydrogen-bond donors (Lipinski definition) is 1. The Bertz CT molecular complexity index is 630. The number of nitrogens with zero attached hydrogens (tertiary/aromatic N) is 1. The maximum atomic E-state index is 12.9. The van der Waals surface area contributed by atoms with Crippen LogP contribution in [0.4, 0.5) is 0 Å². The number of aliphatic carboxylic acids is 1. The third-order valence-electron chi connectivity index (χ3n) is 4.60. The first kappa shape index (κ1) is 17.0. The minimum absolute atomic E-state index is 0.186. The number of piperidine rings is 1. The molecule has 1 atom stereocenters. The van der Waals surface area contributed by atoms with Crippen molar-refractivity contribution in [3.05, 3.63) is 10.3 Å². The van der Waals surface area contributed by atoms with Gasteiger partial charge >= 0.3 is 5.97 Å². The van der Waals surface area contributed by atoms with Crippen LogP contribution in [0.5, 0.6) is 11.5 Å². The van der Waals surface area contributed by atoms with E-state index in [4.69, 9.17) is 14.2 Å². The predicted octanol–water partition coefficient (Wildman–Crippen LogP) is 1.86. The minimum Gasteiger partial charge on any atom is -0.485 e. The third kappa shape index (κ3) is 3.08. The molecule has 1 fully saturated rings. The minimum atomic E-state index is -0.946. The van der Waals surface area contributed by atoms with Crippen LogP contribution in [-0.4, -0.2) is 61.9 Å². The molecule has 1 N–H and O–H groups in total. The zero-order chi connectivity index (χ0) is 17.2. The van der Waals surface area contributed by atoms with Crippen molar-refractivity contribution in [2.75, 3.05) is 40.0 Å². The number of hydrogen-bond acceptors (Lipinski definition) is 6. The molecular formula is C16H21NO6S. The number of carboxylic acid groups (broad SMARTS) is 1. The molecule has 0 radical (unpaired) electrons. The molecule has 7 nitrogen and oxygen atoms in total. The van der Waals surface area contributed by atoms with Crippen molar-refractivity contribution in [1.82, 2.24) is 4.90 Å². The van der Waals surface area contributed by atoms with Gasteiger partial charge in [0.05, 0.1) is 5.41 Å². The number of carbonyl (C=O) groups excluding carboxylic acids is 1. The van der Waals surface area contributed by atoms with Crippen LogP contribution < -0.4 is 9.47 Å². The highest BCUT2D eigenvalue weighted by molar-refractivity contribution is 7.12. The number of carboxylic acids is 1. The van der Waals surface area contributed by atoms with Crippen LogP contribution in [0.3, 0.4) is 0 Å². The Balaban J connectivity index is 1.80. The van der Waals surface area contributed by atoms with Gasteiger partial charge in [0.25, 0.3) is 5.91 Å². The molecule has 0 saturated carbocycles. The summed E-state index contributed by atoms with van der Waals surface area (Å²) < 4.78 is 16.1. The summed E-state index contributed by atoms with van der Waals surface area (Å²) in [7, 11) is 1.55. The molecule has 132 valence electrons. The van der Waals surface area contributed by atoms with Crippen LogP contribution in [-0.2, 0) is 9.53 Å². The molecule has 2 aliphatic rings. The van der Waals surface area contributed by atoms with Crippen molar-refractivity contribution < 1.29 is 28.9 Å². The van der Waals surface area contributed by atoms with Gasteiger partial charge in [-0.2, -0.15) is 0 Å². The number of thiophene rings is 1. The highest BCUT2D eigenvalue weighted by atomic mass is 32.1. The summed E-state index contributed by atoms with van der Waals surface area (Å²) in [5.41, 5.74) is -0.946. The van der Waals surface area contributed by atoms with Gasteiger partial charge in [0.2, 0.25) is 0 Å². The van der Waals surface area contributed by atoms with E-state index in [0.717, 1.165) is 0 Å². The maximum absolute atomic E-state index is 12.9. The van der Waals surface area contributed by atoms with Gasteiger partial charge in [0, 0.05) is 32.2 Å². The number of amides is 1. The SMILES string of the molecule is COCCC1(C(=O)O)CCCN(C(=O)c2scc3c2OCCO3)C1. The maximum Gasteiger partial charge on any atom is 0.311 e. The number of likely N-dealkylation sites (tertiary alicyclic amines) is 1. The largest absolute Gasteiger partial charge is 0.485 e. The second-order valence-corrected chi connectivity index (χ2v) is 6.99. The second-order valence-electron chi connectivity index (χ2n) is 6.11. The van der Waals surface area contributed by atoms with Crippen molar-refractivity contribution in [2.45, 2.75) is 19.3 Å². The molecule has 0 bridgehead atoms. The highest BCUT2D eigenvalue weighted by Gasteiger charge is 2.44. The van der Waals surface area contributed by atoms with E-state index >= 15 is 0 Å². The number of methoxy groups -OCH3 is 1. The van der Waals surface area contributed by atoms with Gasteiger partial charge in [-0.15, -0.1) is 11.3 Å². The van der Waals surface area contributed by atoms with E-state index in [-0.39, 0.29) is 12.5 Å². The quantitative estimate of drug-likeness (QED) is 0.868. The topological polar surface area (TPSA) is 85.3 Å². The van der Waals surface area contributed by atoms with E-state index in [1.807, 2.05) is 0 Å². The summed E-state index contributed by atoms with van der Waals surface area (Å²) in [6, 6.07) is 0. The van der Waals surface area contributed by atoms with E-state index in [1.54, 1.807) is 17.4 Å². The average Bonchev–Trinajstić information content (AvgIpc) is 3.03. The number of rotatable bonds is 5. The predicted molar refractivity (Wildman–Crippen MR) is 87.0 cm³/mol. The molecular weight excluding hydrogens is 334 g/mol. The van der Waals surface area contributed by atoms with Crippen molar-refractivity contribution in [3.8, 4) is 11.5 Å². The Morgan fingerprint density at radius 3 is 2.96 bits per heavy atom. The molecule has 1 unspecified atom stereocenters. The first-order valence-corrected chi connectivity index (χ1v) is 8.84. The van der Waals surface area contributed by atoms with Gasteiger partial charge in [-0.1, -0.05) is 0 Å². The fourth-order valence-electron chi connectivity index (χ4n) is 3.24. The molecule has 8 heteroatoms. The molecule has 0 aromatic carbocycles. The summed E-state index contributed by atoms with van der Waals surface area (Å²) in [5, 5.41) is 11.5. The van der Waals surface area contributed by atoms with E-state index < -0.39 is 11.4 Å². The third-order valence-corrected chi connectivity index (χ3v) is 5.53. The van der Waals surface area contributed by atoms with E-state index in [0.29, 0.717) is 62.0 Å². The van der Waals surface area contributed by atoms with Crippen molar-refractivity contribution in [1.29, 1.82) is 0 Å². The van der Waals surface area contributed by atoms with Gasteiger partial charge in [-0.05, 0) is 19.3 Å². The van der Waals surface area contributed by atoms with Crippen molar-refractivity contribution in [2.24, 2.45) is 5.41 Å². The van der Waals surface area contributed by atoms with Crippen molar-refractivity contribution in [3.63, 3.8) is 0 Å². The fraction of sp³-hybridized carbons (Fsp3) is 0.625. The average molecular weight is 355 g/mol. The molecule has 1 saturated heterocycles. The number of ether oxygens (including phenoxy) is 3. The van der Waals surface area contributed by atoms with Crippen LogP contribution in [0.15, 0.2) is 5.38 Å². The van der Waals surface area contributed by atoms with Gasteiger partial charge in [0.1, 0.15) is 18.1 Å². The van der Waals surface area contributed by atoms with E-state index in [1.165, 1.54) is 11.3 Å². The monoisotopic (exact) mass is 355 g/mol. The molecule has 1 amide bonds. The Morgan fingerprint density at radius 1 is 1.42 bits per heavy atom. The highest BCUT2D eigenvalue weighted by Crippen LogP contribution is 2.41. The standard InChI is InChI=1S/C16H21NO6S/c1-21-6-4-16(15(19)20)3-2-5-17(10-16)14(18)13-12-11(9-24-13)22-7-8-23-12/h9H,2-8,10H2,1H3,(H,19,20). The van der Waals surface area contributed by atoms with Crippen LogP contribution in [0.2, 0.25) is 0 Å². The summed E-state index contributed by atoms with van der Waals surface area (Å²) >= 11 is 1.28. The molecule has 1 aromatic rings. The lowest BCUT2D eigenvalue weighted by atomic mass is 9.77. The molecule has 0 spiro atoms. The fourth-order valence-corrected chi connectivity index (χ4v) is 4.14. The molecule has 0 aliphatic carbocycles. The summed E-state index contributed by atoms with van der Waals surface area (Å²) in [5.74, 6) is 0.0227. The van der Waals surface area contributed by atoms with Gasteiger partial charge in [0.15, 0.2) is 11.5 Å². The van der Waals surface area contributed by atoms with E-state index in [2.05, 4.69) is 0 Å². The lowest BCUT2D eigenvalue weighted by Crippen LogP contribution is -2.50. The Kier molecular flexibility index (Phi) is 4.96. The lowest BCUT2D eigenvalue weighted by molar-refractivity contribution is -0.153. The number of carbonyl (C=O) groups is 2. The van der Waals surface area contributed by atoms with Gasteiger partial charge in [-0.3, -0.25) is 9.59 Å². The summed E-state index contributed by atoms with van der Waals surface area (Å²) in [6.07, 6.45) is 1.61. The lowest BCUT2D eigenvalue weighted by Gasteiger charge is -2.39. The second kappa shape index (κ2) is 6.98. The normalized spacial score (nSPS) is 23.1. The number of fused-ring (bicyclic) bond motifs is 1. The van der Waals surface area contributed by atoms with E-state index in [9.17, 15) is 14.7 Å². The first-order valence-electron chi connectivity index (χ1n) is 7.96. The van der Waals surface area contributed by atoms with Crippen molar-refractivity contribution >= 4 is 23.2 Å². The Hall–Kier alpha value is -1.80. The van der Waals surface area contributed by atoms with Gasteiger partial charge < -0.3 is 24.2 Å². The zero-order valence-electron chi connectivity index (χ0n) is 13.6. The van der Waals surface area contributed by atoms with Gasteiger partial charge in [-0.25, -0.2) is 0 Å². The van der Waals surface area contributed by atoms with Crippen LogP contribution >= 0.6 is 11.3 Å². The molecule has 24 heavy (non-hydrogen) atoms. The summed E-state index contributed by atoms with van der Waals surface area (Å²) in [4.78, 5) is 26.8. The van der Waals surface area contributed by atoms with Crippen LogP contribution in [0, 0.1) is 5.41 Å². The van der Waals surface area contributed by atoms with Crippen LogP contribution in [0.1, 0.15) is 28.9 Å². The molecule has 3 heterocycles. The zero-order valence-corrected chi connectivity index (χ0v) is 14.4. The first-order chi connectivity index (χ1) is 11.6. The summed E-state index contributed by atoms with van der Waals surface area (Å²) in [6.45, 7) is 1.99. The molecule has 2 aliphatic heterocycles. The Morgan fingerprint density at radius 2 is 2.21 bits per heavy atom. The Labute approximate surface area is 144 Å². The smallest absolute Gasteiger partial charge is 0.311 e. The molecule has 1 aromatic heterocycles.